The highest BCUT2D eigenvalue weighted by Crippen LogP contribution is 2.19. The molecule has 2 rings (SSSR count). The lowest BCUT2D eigenvalue weighted by atomic mass is 9.96. The van der Waals surface area contributed by atoms with Crippen molar-refractivity contribution >= 4 is 11.8 Å². The number of carbonyl (C=O) groups excluding carboxylic acids is 2. The van der Waals surface area contributed by atoms with Crippen molar-refractivity contribution in [2.24, 2.45) is 5.92 Å². The maximum absolute atomic E-state index is 12.1. The largest absolute Gasteiger partial charge is 0.471 e. The number of alkyl halides is 3. The van der Waals surface area contributed by atoms with Crippen LogP contribution < -0.4 is 10.9 Å². The lowest BCUT2D eigenvalue weighted by molar-refractivity contribution is -0.173. The number of hydrogen-bond donors (Lipinski definition) is 2. The summed E-state index contributed by atoms with van der Waals surface area (Å²) in [6.07, 6.45) is -3.92. The van der Waals surface area contributed by atoms with Gasteiger partial charge in [-0.15, -0.1) is 0 Å². The summed E-state index contributed by atoms with van der Waals surface area (Å²) in [4.78, 5) is 35.3. The van der Waals surface area contributed by atoms with Crippen molar-refractivity contribution in [3.8, 4) is 0 Å². The zero-order valence-electron chi connectivity index (χ0n) is 12.0. The second kappa shape index (κ2) is 6.80. The fraction of sp³-hybridized carbons (Fsp3) is 0.538. The molecule has 7 nitrogen and oxygen atoms in total. The van der Waals surface area contributed by atoms with Gasteiger partial charge < -0.3 is 10.2 Å². The monoisotopic (exact) mass is 332 g/mol. The normalized spacial score (nSPS) is 16.2. The van der Waals surface area contributed by atoms with E-state index in [1.165, 1.54) is 17.0 Å². The number of nitrogens with one attached hydrogen (secondary N) is 2. The number of halogens is 3. The Bertz CT molecular complexity index is 616. The second-order valence-corrected chi connectivity index (χ2v) is 5.25. The fourth-order valence-corrected chi connectivity index (χ4v) is 2.30. The number of likely N-dealkylation sites (tertiary alicyclic amines) is 1. The van der Waals surface area contributed by atoms with Crippen molar-refractivity contribution in [2.75, 3.05) is 19.6 Å². The van der Waals surface area contributed by atoms with E-state index < -0.39 is 17.6 Å². The van der Waals surface area contributed by atoms with Crippen LogP contribution >= 0.6 is 0 Å². The Hall–Kier alpha value is -2.39. The Morgan fingerprint density at radius 3 is 2.48 bits per heavy atom. The van der Waals surface area contributed by atoms with Gasteiger partial charge in [-0.3, -0.25) is 14.4 Å². The molecule has 1 aromatic heterocycles. The standard InChI is InChI=1S/C13H15F3N4O3/c14-13(15,16)12(23)17-7-8-3-5-20(6-4-8)11(22)9-1-2-10(21)19-18-9/h1-2,8H,3-7H2,(H,17,23)(H,19,21). The van der Waals surface area contributed by atoms with E-state index in [0.29, 0.717) is 25.9 Å². The molecule has 0 spiro atoms. The van der Waals surface area contributed by atoms with Crippen LogP contribution in [-0.4, -0.2) is 52.7 Å². The summed E-state index contributed by atoms with van der Waals surface area (Å²) >= 11 is 0. The topological polar surface area (TPSA) is 95.2 Å². The maximum Gasteiger partial charge on any atom is 0.471 e. The first kappa shape index (κ1) is 17.0. The molecule has 2 N–H and O–H groups in total. The molecule has 23 heavy (non-hydrogen) atoms. The van der Waals surface area contributed by atoms with Crippen molar-refractivity contribution in [2.45, 2.75) is 19.0 Å². The Morgan fingerprint density at radius 1 is 1.30 bits per heavy atom. The van der Waals surface area contributed by atoms with Crippen molar-refractivity contribution < 1.29 is 22.8 Å². The van der Waals surface area contributed by atoms with Crippen molar-refractivity contribution in [1.29, 1.82) is 0 Å². The van der Waals surface area contributed by atoms with Gasteiger partial charge in [-0.2, -0.15) is 18.3 Å². The number of aromatic amines is 1. The van der Waals surface area contributed by atoms with Gasteiger partial charge in [0.15, 0.2) is 0 Å². The van der Waals surface area contributed by atoms with E-state index in [1.807, 2.05) is 5.32 Å². The molecule has 1 aliphatic rings. The third-order valence-corrected chi connectivity index (χ3v) is 3.61. The highest BCUT2D eigenvalue weighted by atomic mass is 19.4. The Labute approximate surface area is 128 Å². The fourth-order valence-electron chi connectivity index (χ4n) is 2.30. The highest BCUT2D eigenvalue weighted by molar-refractivity contribution is 5.92. The number of carbonyl (C=O) groups is 2. The van der Waals surface area contributed by atoms with Gasteiger partial charge in [-0.25, -0.2) is 5.10 Å². The molecule has 0 atom stereocenters. The zero-order valence-corrected chi connectivity index (χ0v) is 12.0. The molecule has 1 fully saturated rings. The Balaban J connectivity index is 1.82. The van der Waals surface area contributed by atoms with Crippen LogP contribution in [0, 0.1) is 5.92 Å². The first-order valence-electron chi connectivity index (χ1n) is 6.97. The number of H-pyrrole nitrogens is 1. The van der Waals surface area contributed by atoms with E-state index in [0.717, 1.165) is 0 Å². The van der Waals surface area contributed by atoms with Crippen LogP contribution in [0.4, 0.5) is 13.2 Å². The molecule has 1 aliphatic heterocycles. The van der Waals surface area contributed by atoms with Crippen LogP contribution in [0.1, 0.15) is 23.3 Å². The summed E-state index contributed by atoms with van der Waals surface area (Å²) in [6.45, 7) is 0.635. The van der Waals surface area contributed by atoms with Gasteiger partial charge in [0.1, 0.15) is 5.69 Å². The lowest BCUT2D eigenvalue weighted by Crippen LogP contribution is -2.44. The Morgan fingerprint density at radius 2 is 1.96 bits per heavy atom. The van der Waals surface area contributed by atoms with Crippen molar-refractivity contribution in [1.82, 2.24) is 20.4 Å². The van der Waals surface area contributed by atoms with Crippen LogP contribution in [0.25, 0.3) is 0 Å². The summed E-state index contributed by atoms with van der Waals surface area (Å²) in [5.74, 6) is -2.42. The molecule has 0 radical (unpaired) electrons. The molecule has 0 aliphatic carbocycles. The van der Waals surface area contributed by atoms with E-state index in [1.54, 1.807) is 0 Å². The number of amides is 2. The van der Waals surface area contributed by atoms with Gasteiger partial charge >= 0.3 is 12.1 Å². The van der Waals surface area contributed by atoms with E-state index >= 15 is 0 Å². The van der Waals surface area contributed by atoms with Gasteiger partial charge in [0.25, 0.3) is 11.5 Å². The predicted molar refractivity (Wildman–Crippen MR) is 72.5 cm³/mol. The quantitative estimate of drug-likeness (QED) is 0.832. The summed E-state index contributed by atoms with van der Waals surface area (Å²) in [5, 5.41) is 7.67. The molecule has 0 aromatic carbocycles. The van der Waals surface area contributed by atoms with Gasteiger partial charge in [0, 0.05) is 25.7 Å². The lowest BCUT2D eigenvalue weighted by Gasteiger charge is -2.31. The average Bonchev–Trinajstić information content (AvgIpc) is 2.52. The zero-order chi connectivity index (χ0) is 17.0. The molecule has 1 aromatic rings. The van der Waals surface area contributed by atoms with Gasteiger partial charge in [0.05, 0.1) is 0 Å². The smallest absolute Gasteiger partial charge is 0.348 e. The minimum absolute atomic E-state index is 0.0721. The second-order valence-electron chi connectivity index (χ2n) is 5.25. The summed E-state index contributed by atoms with van der Waals surface area (Å²) in [7, 11) is 0. The van der Waals surface area contributed by atoms with Crippen LogP contribution in [0.5, 0.6) is 0 Å². The van der Waals surface area contributed by atoms with E-state index in [2.05, 4.69) is 10.2 Å². The molecule has 126 valence electrons. The molecule has 2 amide bonds. The summed E-state index contributed by atoms with van der Waals surface area (Å²) in [5.41, 5.74) is -0.311. The number of rotatable bonds is 3. The predicted octanol–water partition coefficient (Wildman–Crippen LogP) is 0.301. The molecule has 1 saturated heterocycles. The average molecular weight is 332 g/mol. The first-order valence-corrected chi connectivity index (χ1v) is 6.97. The minimum atomic E-state index is -4.88. The van der Waals surface area contributed by atoms with Crippen LogP contribution in [0.15, 0.2) is 16.9 Å². The van der Waals surface area contributed by atoms with Crippen LogP contribution in [-0.2, 0) is 4.79 Å². The third-order valence-electron chi connectivity index (χ3n) is 3.61. The van der Waals surface area contributed by atoms with Crippen LogP contribution in [0.3, 0.4) is 0 Å². The molecular formula is C13H15F3N4O3. The minimum Gasteiger partial charge on any atom is -0.348 e. The molecular weight excluding hydrogens is 317 g/mol. The van der Waals surface area contributed by atoms with Gasteiger partial charge in [0.2, 0.25) is 0 Å². The molecule has 0 bridgehead atoms. The third kappa shape index (κ3) is 4.54. The number of hydrogen-bond acceptors (Lipinski definition) is 4. The SMILES string of the molecule is O=C(c1ccc(=O)[nH]n1)N1CCC(CNC(=O)C(F)(F)F)CC1. The van der Waals surface area contributed by atoms with E-state index in [4.69, 9.17) is 0 Å². The molecule has 2 heterocycles. The number of aromatic nitrogens is 2. The summed E-state index contributed by atoms with van der Waals surface area (Å²) in [6, 6.07) is 2.51. The first-order chi connectivity index (χ1) is 10.8. The van der Waals surface area contributed by atoms with Gasteiger partial charge in [-0.1, -0.05) is 0 Å². The van der Waals surface area contributed by atoms with Gasteiger partial charge in [-0.05, 0) is 24.8 Å². The summed E-state index contributed by atoms with van der Waals surface area (Å²) < 4.78 is 36.3. The maximum atomic E-state index is 12.1. The molecule has 0 unspecified atom stereocenters. The van der Waals surface area contributed by atoms with Crippen LogP contribution in [0.2, 0.25) is 0 Å². The van der Waals surface area contributed by atoms with E-state index in [-0.39, 0.29) is 24.1 Å². The highest BCUT2D eigenvalue weighted by Gasteiger charge is 2.38. The Kier molecular flexibility index (Phi) is 5.02. The van der Waals surface area contributed by atoms with E-state index in [9.17, 15) is 27.6 Å². The molecule has 10 heteroatoms. The number of piperidine rings is 1. The number of nitrogens with zero attached hydrogens (tertiary/aromatic N) is 2. The molecule has 0 saturated carbocycles. The van der Waals surface area contributed by atoms with Crippen molar-refractivity contribution in [3.05, 3.63) is 28.2 Å². The van der Waals surface area contributed by atoms with Crippen molar-refractivity contribution in [3.63, 3.8) is 0 Å².